The number of ketones is 1. The molecule has 82 valence electrons. The van der Waals surface area contributed by atoms with Crippen LogP contribution in [0.3, 0.4) is 0 Å². The second-order valence-electron chi connectivity index (χ2n) is 2.00. The summed E-state index contributed by atoms with van der Waals surface area (Å²) < 4.78 is 0. The lowest BCUT2D eigenvalue weighted by Crippen LogP contribution is -2.08. The molecule has 0 aliphatic heterocycles. The van der Waals surface area contributed by atoms with Gasteiger partial charge in [-0.25, -0.2) is 0 Å². The molecule has 0 unspecified atom stereocenters. The molecule has 0 saturated heterocycles. The van der Waals surface area contributed by atoms with Gasteiger partial charge in [-0.2, -0.15) is 0 Å². The Hall–Kier alpha value is -1.31. The maximum atomic E-state index is 11.0. The standard InChI is InChI=1S/C8H13NO.C2H6.C2H4/c1-4-7(6(3)9)8(10)5-2;2*1-2/h4H,3,5,9H2,1-2H3;1-2H3;1-2H2/b7-4+;;. The molecule has 0 aliphatic rings. The predicted octanol–water partition coefficient (Wildman–Crippen LogP) is 3.21. The summed E-state index contributed by atoms with van der Waals surface area (Å²) in [6.45, 7) is 17.1. The number of hydrogen-bond acceptors (Lipinski definition) is 2. The van der Waals surface area contributed by atoms with Crippen LogP contribution in [0.15, 0.2) is 37.1 Å². The largest absolute Gasteiger partial charge is 0.399 e. The molecular weight excluding hydrogens is 174 g/mol. The monoisotopic (exact) mass is 197 g/mol. The van der Waals surface area contributed by atoms with Gasteiger partial charge in [0.25, 0.3) is 0 Å². The first kappa shape index (κ1) is 18.5. The van der Waals surface area contributed by atoms with E-state index in [0.717, 1.165) is 0 Å². The molecule has 0 aromatic heterocycles. The molecule has 0 saturated carbocycles. The quantitative estimate of drug-likeness (QED) is 0.429. The highest BCUT2D eigenvalue weighted by atomic mass is 16.1. The zero-order chi connectivity index (χ0) is 12.1. The molecule has 0 aromatic carbocycles. The number of rotatable bonds is 3. The SMILES string of the molecule is C=C.C=C(N)/C(=C\C)C(=O)CC.CC. The van der Waals surface area contributed by atoms with Crippen LogP contribution in [0.1, 0.15) is 34.1 Å². The van der Waals surface area contributed by atoms with E-state index < -0.39 is 0 Å². The normalized spacial score (nSPS) is 8.71. The van der Waals surface area contributed by atoms with Gasteiger partial charge in [-0.15, -0.1) is 13.2 Å². The minimum absolute atomic E-state index is 0.0509. The van der Waals surface area contributed by atoms with Gasteiger partial charge in [0.2, 0.25) is 0 Å². The second kappa shape index (κ2) is 14.2. The van der Waals surface area contributed by atoms with E-state index in [-0.39, 0.29) is 5.78 Å². The molecule has 0 rings (SSSR count). The smallest absolute Gasteiger partial charge is 0.164 e. The van der Waals surface area contributed by atoms with Crippen LogP contribution in [0.25, 0.3) is 0 Å². The van der Waals surface area contributed by atoms with Gasteiger partial charge in [0.05, 0.1) is 0 Å². The zero-order valence-corrected chi connectivity index (χ0v) is 9.89. The van der Waals surface area contributed by atoms with Crippen molar-refractivity contribution in [1.29, 1.82) is 0 Å². The van der Waals surface area contributed by atoms with Crippen LogP contribution in [0.5, 0.6) is 0 Å². The molecule has 0 amide bonds. The molecule has 0 spiro atoms. The lowest BCUT2D eigenvalue weighted by molar-refractivity contribution is -0.115. The molecule has 0 atom stereocenters. The number of nitrogens with two attached hydrogens (primary N) is 1. The van der Waals surface area contributed by atoms with Crippen molar-refractivity contribution in [2.24, 2.45) is 5.73 Å². The van der Waals surface area contributed by atoms with E-state index in [1.807, 2.05) is 13.8 Å². The molecular formula is C12H23NO. The fourth-order valence-electron chi connectivity index (χ4n) is 0.716. The van der Waals surface area contributed by atoms with Crippen molar-refractivity contribution < 1.29 is 4.79 Å². The number of hydrogen-bond donors (Lipinski definition) is 1. The van der Waals surface area contributed by atoms with Crippen molar-refractivity contribution in [1.82, 2.24) is 0 Å². The Kier molecular flexibility index (Phi) is 18.8. The highest BCUT2D eigenvalue weighted by Crippen LogP contribution is 2.04. The first-order valence-electron chi connectivity index (χ1n) is 4.77. The van der Waals surface area contributed by atoms with Crippen LogP contribution in [0.2, 0.25) is 0 Å². The van der Waals surface area contributed by atoms with Gasteiger partial charge in [0.1, 0.15) is 0 Å². The first-order chi connectivity index (χ1) is 6.63. The van der Waals surface area contributed by atoms with E-state index in [0.29, 0.717) is 17.7 Å². The minimum atomic E-state index is 0.0509. The number of carbonyl (C=O) groups is 1. The molecule has 2 nitrogen and oxygen atoms in total. The van der Waals surface area contributed by atoms with Crippen molar-refractivity contribution in [3.05, 3.63) is 37.1 Å². The molecule has 2 N–H and O–H groups in total. The topological polar surface area (TPSA) is 43.1 Å². The summed E-state index contributed by atoms with van der Waals surface area (Å²) in [7, 11) is 0. The van der Waals surface area contributed by atoms with Gasteiger partial charge in [0.15, 0.2) is 5.78 Å². The minimum Gasteiger partial charge on any atom is -0.399 e. The van der Waals surface area contributed by atoms with E-state index in [1.165, 1.54) is 0 Å². The number of allylic oxidation sites excluding steroid dienone is 2. The maximum absolute atomic E-state index is 11.0. The molecule has 14 heavy (non-hydrogen) atoms. The first-order valence-corrected chi connectivity index (χ1v) is 4.77. The van der Waals surface area contributed by atoms with Gasteiger partial charge >= 0.3 is 0 Å². The summed E-state index contributed by atoms with van der Waals surface area (Å²) >= 11 is 0. The van der Waals surface area contributed by atoms with Crippen molar-refractivity contribution in [2.45, 2.75) is 34.1 Å². The molecule has 0 aromatic rings. The molecule has 0 heterocycles. The van der Waals surface area contributed by atoms with Crippen molar-refractivity contribution in [3.8, 4) is 0 Å². The Bertz CT molecular complexity index is 192. The van der Waals surface area contributed by atoms with Crippen molar-refractivity contribution in [3.63, 3.8) is 0 Å². The second-order valence-corrected chi connectivity index (χ2v) is 2.00. The predicted molar refractivity (Wildman–Crippen MR) is 65.0 cm³/mol. The summed E-state index contributed by atoms with van der Waals surface area (Å²) in [6, 6.07) is 0. The average molecular weight is 197 g/mol. The average Bonchev–Trinajstić information content (AvgIpc) is 2.24. The summed E-state index contributed by atoms with van der Waals surface area (Å²) in [5, 5.41) is 0. The Morgan fingerprint density at radius 3 is 1.79 bits per heavy atom. The van der Waals surface area contributed by atoms with Gasteiger partial charge in [-0.1, -0.05) is 33.4 Å². The third kappa shape index (κ3) is 8.78. The molecule has 0 radical (unpaired) electrons. The molecule has 2 heteroatoms. The van der Waals surface area contributed by atoms with E-state index in [9.17, 15) is 4.79 Å². The Morgan fingerprint density at radius 1 is 1.36 bits per heavy atom. The third-order valence-electron chi connectivity index (χ3n) is 1.26. The highest BCUT2D eigenvalue weighted by molar-refractivity contribution is 5.98. The Labute approximate surface area is 88.2 Å². The molecule has 0 fully saturated rings. The van der Waals surface area contributed by atoms with Gasteiger partial charge < -0.3 is 5.73 Å². The van der Waals surface area contributed by atoms with E-state index >= 15 is 0 Å². The fourth-order valence-corrected chi connectivity index (χ4v) is 0.716. The van der Waals surface area contributed by atoms with E-state index in [1.54, 1.807) is 19.9 Å². The maximum Gasteiger partial charge on any atom is 0.164 e. The van der Waals surface area contributed by atoms with Crippen LogP contribution < -0.4 is 5.73 Å². The lowest BCUT2D eigenvalue weighted by Gasteiger charge is -2.00. The number of Topliss-reactive ketones (excluding diaryl/α,β-unsaturated/α-hetero) is 1. The summed E-state index contributed by atoms with van der Waals surface area (Å²) in [4.78, 5) is 11.0. The Balaban J connectivity index is -0.000000266. The highest BCUT2D eigenvalue weighted by Gasteiger charge is 2.05. The Morgan fingerprint density at radius 2 is 1.71 bits per heavy atom. The fraction of sp³-hybridized carbons (Fsp3) is 0.417. The number of carbonyl (C=O) groups excluding carboxylic acids is 1. The van der Waals surface area contributed by atoms with Crippen LogP contribution in [-0.2, 0) is 4.79 Å². The van der Waals surface area contributed by atoms with Gasteiger partial charge in [-0.3, -0.25) is 4.79 Å². The molecule has 0 aliphatic carbocycles. The summed E-state index contributed by atoms with van der Waals surface area (Å²) in [5.41, 5.74) is 6.24. The van der Waals surface area contributed by atoms with E-state index in [4.69, 9.17) is 5.73 Å². The van der Waals surface area contributed by atoms with Crippen LogP contribution in [-0.4, -0.2) is 5.78 Å². The third-order valence-corrected chi connectivity index (χ3v) is 1.26. The van der Waals surface area contributed by atoms with Crippen LogP contribution >= 0.6 is 0 Å². The van der Waals surface area contributed by atoms with Crippen LogP contribution in [0.4, 0.5) is 0 Å². The van der Waals surface area contributed by atoms with Crippen molar-refractivity contribution >= 4 is 5.78 Å². The molecule has 0 bridgehead atoms. The van der Waals surface area contributed by atoms with Gasteiger partial charge in [0, 0.05) is 17.7 Å². The summed E-state index contributed by atoms with van der Waals surface area (Å²) in [6.07, 6.45) is 2.17. The summed E-state index contributed by atoms with van der Waals surface area (Å²) in [5.74, 6) is 0.0509. The zero-order valence-electron chi connectivity index (χ0n) is 9.89. The van der Waals surface area contributed by atoms with Crippen LogP contribution in [0, 0.1) is 0 Å². The van der Waals surface area contributed by atoms with Crippen molar-refractivity contribution in [2.75, 3.05) is 0 Å². The lowest BCUT2D eigenvalue weighted by atomic mass is 10.1. The van der Waals surface area contributed by atoms with Gasteiger partial charge in [-0.05, 0) is 6.92 Å². The van der Waals surface area contributed by atoms with E-state index in [2.05, 4.69) is 19.7 Å².